The maximum atomic E-state index is 12.4. The molecule has 0 aliphatic heterocycles. The number of aryl methyl sites for hydroxylation is 2. The predicted octanol–water partition coefficient (Wildman–Crippen LogP) is 3.18. The second kappa shape index (κ2) is 6.35. The van der Waals surface area contributed by atoms with E-state index in [9.17, 15) is 4.79 Å². The third-order valence-corrected chi connectivity index (χ3v) is 4.26. The van der Waals surface area contributed by atoms with E-state index in [-0.39, 0.29) is 5.56 Å². The van der Waals surface area contributed by atoms with Gasteiger partial charge in [-0.1, -0.05) is 6.92 Å². The van der Waals surface area contributed by atoms with Crippen LogP contribution in [0.3, 0.4) is 0 Å². The lowest BCUT2D eigenvalue weighted by Crippen LogP contribution is -2.16. The van der Waals surface area contributed by atoms with Crippen LogP contribution in [0.2, 0.25) is 0 Å². The first kappa shape index (κ1) is 16.1. The van der Waals surface area contributed by atoms with Crippen molar-refractivity contribution in [1.82, 2.24) is 9.55 Å². The molecule has 0 aliphatic rings. The van der Waals surface area contributed by atoms with E-state index in [1.165, 1.54) is 0 Å². The van der Waals surface area contributed by atoms with Crippen molar-refractivity contribution in [2.24, 2.45) is 7.05 Å². The van der Waals surface area contributed by atoms with Crippen LogP contribution in [0.15, 0.2) is 41.6 Å². The molecule has 3 aromatic rings. The molecule has 0 fully saturated rings. The van der Waals surface area contributed by atoms with Crippen LogP contribution in [0.25, 0.3) is 21.9 Å². The summed E-state index contributed by atoms with van der Waals surface area (Å²) in [6.07, 6.45) is 5.96. The zero-order valence-electron chi connectivity index (χ0n) is 14.3. The number of benzene rings is 1. The van der Waals surface area contributed by atoms with Gasteiger partial charge < -0.3 is 14.0 Å². The molecule has 0 amide bonds. The summed E-state index contributed by atoms with van der Waals surface area (Å²) in [6.45, 7) is 2.07. The fourth-order valence-electron chi connectivity index (χ4n) is 2.97. The van der Waals surface area contributed by atoms with Gasteiger partial charge in [0.15, 0.2) is 0 Å². The van der Waals surface area contributed by atoms with Crippen LogP contribution in [0.5, 0.6) is 11.5 Å². The quantitative estimate of drug-likeness (QED) is 0.739. The molecule has 124 valence electrons. The first-order chi connectivity index (χ1) is 11.6. The highest BCUT2D eigenvalue weighted by Gasteiger charge is 2.16. The molecule has 0 unspecified atom stereocenters. The first-order valence-corrected chi connectivity index (χ1v) is 7.79. The van der Waals surface area contributed by atoms with Gasteiger partial charge >= 0.3 is 0 Å². The topological polar surface area (TPSA) is 53.4 Å². The predicted molar refractivity (Wildman–Crippen MR) is 94.9 cm³/mol. The van der Waals surface area contributed by atoms with E-state index in [2.05, 4.69) is 11.9 Å². The van der Waals surface area contributed by atoms with Gasteiger partial charge in [0, 0.05) is 36.8 Å². The Kier molecular flexibility index (Phi) is 4.25. The lowest BCUT2D eigenvalue weighted by molar-refractivity contribution is 0.400. The van der Waals surface area contributed by atoms with Gasteiger partial charge in [0.2, 0.25) is 0 Å². The van der Waals surface area contributed by atoms with Gasteiger partial charge in [-0.2, -0.15) is 0 Å². The summed E-state index contributed by atoms with van der Waals surface area (Å²) in [5.41, 5.74) is 2.80. The van der Waals surface area contributed by atoms with Crippen molar-refractivity contribution >= 4 is 10.8 Å². The molecule has 1 aromatic carbocycles. The molecule has 0 bridgehead atoms. The molecular weight excluding hydrogens is 304 g/mol. The number of aromatic nitrogens is 2. The maximum Gasteiger partial charge on any atom is 0.259 e. The lowest BCUT2D eigenvalue weighted by Gasteiger charge is -2.16. The molecule has 0 N–H and O–H groups in total. The Balaban J connectivity index is 2.39. The molecule has 3 rings (SSSR count). The van der Waals surface area contributed by atoms with Crippen LogP contribution in [-0.2, 0) is 13.5 Å². The van der Waals surface area contributed by atoms with Crippen LogP contribution in [0.1, 0.15) is 12.5 Å². The van der Waals surface area contributed by atoms with E-state index in [0.717, 1.165) is 40.0 Å². The minimum Gasteiger partial charge on any atom is -0.496 e. The van der Waals surface area contributed by atoms with Crippen LogP contribution in [0, 0.1) is 0 Å². The van der Waals surface area contributed by atoms with Crippen LogP contribution < -0.4 is 15.0 Å². The van der Waals surface area contributed by atoms with Crippen molar-refractivity contribution in [3.63, 3.8) is 0 Å². The van der Waals surface area contributed by atoms with Gasteiger partial charge in [0.1, 0.15) is 11.5 Å². The van der Waals surface area contributed by atoms with Gasteiger partial charge in [0.05, 0.1) is 19.6 Å². The minimum atomic E-state index is -0.0713. The maximum absolute atomic E-state index is 12.4. The Hall–Kier alpha value is -2.82. The number of hydrogen-bond donors (Lipinski definition) is 0. The van der Waals surface area contributed by atoms with Gasteiger partial charge in [-0.05, 0) is 35.6 Å². The molecule has 0 saturated carbocycles. The Labute approximate surface area is 140 Å². The second-order valence-electron chi connectivity index (χ2n) is 5.60. The second-order valence-corrected chi connectivity index (χ2v) is 5.60. The van der Waals surface area contributed by atoms with Gasteiger partial charge in [0.25, 0.3) is 5.56 Å². The van der Waals surface area contributed by atoms with Crippen molar-refractivity contribution in [2.75, 3.05) is 14.2 Å². The van der Waals surface area contributed by atoms with Crippen molar-refractivity contribution in [2.45, 2.75) is 13.3 Å². The summed E-state index contributed by atoms with van der Waals surface area (Å²) in [5, 5.41) is 1.43. The first-order valence-electron chi connectivity index (χ1n) is 7.79. The Morgan fingerprint density at radius 1 is 1.08 bits per heavy atom. The van der Waals surface area contributed by atoms with Crippen molar-refractivity contribution in [3.05, 3.63) is 52.7 Å². The number of rotatable bonds is 4. The minimum absolute atomic E-state index is 0.0713. The van der Waals surface area contributed by atoms with Gasteiger partial charge in [-0.3, -0.25) is 9.78 Å². The summed E-state index contributed by atoms with van der Waals surface area (Å²) < 4.78 is 12.7. The summed E-state index contributed by atoms with van der Waals surface area (Å²) >= 11 is 0. The SMILES string of the molecule is CCc1cc(OC)c(-c2cn(C)c(=O)c3cnccc23)cc1OC. The largest absolute Gasteiger partial charge is 0.496 e. The Morgan fingerprint density at radius 2 is 1.83 bits per heavy atom. The summed E-state index contributed by atoms with van der Waals surface area (Å²) in [5.74, 6) is 1.56. The lowest BCUT2D eigenvalue weighted by atomic mass is 9.98. The van der Waals surface area contributed by atoms with Gasteiger partial charge in [-0.25, -0.2) is 0 Å². The Bertz CT molecular complexity index is 961. The highest BCUT2D eigenvalue weighted by atomic mass is 16.5. The van der Waals surface area contributed by atoms with E-state index in [0.29, 0.717) is 5.39 Å². The van der Waals surface area contributed by atoms with E-state index >= 15 is 0 Å². The van der Waals surface area contributed by atoms with Gasteiger partial charge in [-0.15, -0.1) is 0 Å². The van der Waals surface area contributed by atoms with Crippen LogP contribution in [0.4, 0.5) is 0 Å². The van der Waals surface area contributed by atoms with E-state index < -0.39 is 0 Å². The molecule has 0 atom stereocenters. The zero-order valence-corrected chi connectivity index (χ0v) is 14.3. The number of ether oxygens (including phenoxy) is 2. The molecular formula is C19H20N2O3. The fraction of sp³-hybridized carbons (Fsp3) is 0.263. The normalized spacial score (nSPS) is 10.8. The van der Waals surface area contributed by atoms with Crippen molar-refractivity contribution in [3.8, 4) is 22.6 Å². The molecule has 2 aromatic heterocycles. The third-order valence-electron chi connectivity index (χ3n) is 4.26. The smallest absolute Gasteiger partial charge is 0.259 e. The molecule has 24 heavy (non-hydrogen) atoms. The van der Waals surface area contributed by atoms with Crippen LogP contribution >= 0.6 is 0 Å². The number of nitrogens with zero attached hydrogens (tertiary/aromatic N) is 2. The van der Waals surface area contributed by atoms with Crippen molar-refractivity contribution in [1.29, 1.82) is 0 Å². The molecule has 0 radical (unpaired) electrons. The number of pyridine rings is 2. The highest BCUT2D eigenvalue weighted by Crippen LogP contribution is 2.38. The summed E-state index contributed by atoms with van der Waals surface area (Å²) in [4.78, 5) is 16.4. The average Bonchev–Trinajstić information content (AvgIpc) is 2.63. The number of hydrogen-bond acceptors (Lipinski definition) is 4. The summed E-state index contributed by atoms with van der Waals surface area (Å²) in [7, 11) is 5.05. The standard InChI is InChI=1S/C19H20N2O3/c1-5-12-8-18(24-4)14(9-17(12)23-3)16-11-21(2)19(22)15-10-20-7-6-13(15)16/h6-11H,5H2,1-4H3. The molecule has 0 spiro atoms. The summed E-state index contributed by atoms with van der Waals surface area (Å²) in [6, 6.07) is 5.81. The molecule has 0 saturated heterocycles. The fourth-order valence-corrected chi connectivity index (χ4v) is 2.97. The molecule has 5 heteroatoms. The monoisotopic (exact) mass is 324 g/mol. The van der Waals surface area contributed by atoms with E-state index in [1.54, 1.807) is 38.2 Å². The third kappa shape index (κ3) is 2.52. The highest BCUT2D eigenvalue weighted by molar-refractivity contribution is 5.97. The molecule has 0 aliphatic carbocycles. The number of methoxy groups -OCH3 is 2. The van der Waals surface area contributed by atoms with E-state index in [4.69, 9.17) is 9.47 Å². The molecule has 5 nitrogen and oxygen atoms in total. The van der Waals surface area contributed by atoms with Crippen LogP contribution in [-0.4, -0.2) is 23.8 Å². The van der Waals surface area contributed by atoms with Crippen molar-refractivity contribution < 1.29 is 9.47 Å². The molecule has 2 heterocycles. The zero-order chi connectivity index (χ0) is 17.3. The average molecular weight is 324 g/mol. The van der Waals surface area contributed by atoms with E-state index in [1.807, 2.05) is 24.4 Å². The Morgan fingerprint density at radius 3 is 2.50 bits per heavy atom. The number of fused-ring (bicyclic) bond motifs is 1.